The van der Waals surface area contributed by atoms with E-state index in [0.717, 1.165) is 5.56 Å². The third-order valence-electron chi connectivity index (χ3n) is 3.74. The third-order valence-corrected chi connectivity index (χ3v) is 3.74. The van der Waals surface area contributed by atoms with Gasteiger partial charge in [-0.3, -0.25) is 9.78 Å². The van der Waals surface area contributed by atoms with Crippen LogP contribution in [0.3, 0.4) is 0 Å². The zero-order chi connectivity index (χ0) is 18.4. The topological polar surface area (TPSA) is 77.8 Å². The van der Waals surface area contributed by atoms with Crippen molar-refractivity contribution in [2.24, 2.45) is 0 Å². The van der Waals surface area contributed by atoms with Crippen LogP contribution in [-0.4, -0.2) is 10.9 Å². The average Bonchev–Trinajstić information content (AvgIpc) is 2.67. The van der Waals surface area contributed by atoms with E-state index in [9.17, 15) is 9.18 Å². The van der Waals surface area contributed by atoms with Crippen molar-refractivity contribution >= 4 is 17.3 Å². The summed E-state index contributed by atoms with van der Waals surface area (Å²) >= 11 is 0. The van der Waals surface area contributed by atoms with Crippen LogP contribution in [0.5, 0.6) is 0 Å². The fourth-order valence-corrected chi connectivity index (χ4v) is 2.45. The number of carbonyl (C=O) groups is 1. The molecule has 2 aromatic carbocycles. The highest BCUT2D eigenvalue weighted by Crippen LogP contribution is 2.19. The molecule has 1 aromatic heterocycles. The molecule has 6 heteroatoms. The van der Waals surface area contributed by atoms with Gasteiger partial charge in [0.15, 0.2) is 0 Å². The van der Waals surface area contributed by atoms with Crippen LogP contribution in [-0.2, 0) is 6.54 Å². The van der Waals surface area contributed by atoms with Gasteiger partial charge in [0, 0.05) is 30.2 Å². The van der Waals surface area contributed by atoms with Crippen molar-refractivity contribution in [1.82, 2.24) is 4.98 Å². The van der Waals surface area contributed by atoms with E-state index in [-0.39, 0.29) is 11.5 Å². The number of anilines is 2. The number of benzene rings is 2. The van der Waals surface area contributed by atoms with E-state index in [0.29, 0.717) is 23.5 Å². The number of nitriles is 1. The summed E-state index contributed by atoms with van der Waals surface area (Å²) in [5.74, 6) is -0.787. The molecule has 0 unspecified atom stereocenters. The lowest BCUT2D eigenvalue weighted by Gasteiger charge is -2.11. The lowest BCUT2D eigenvalue weighted by Crippen LogP contribution is -2.12. The first-order chi connectivity index (χ1) is 12.7. The first-order valence-corrected chi connectivity index (χ1v) is 7.90. The molecule has 0 radical (unpaired) electrons. The number of rotatable bonds is 5. The van der Waals surface area contributed by atoms with Gasteiger partial charge in [0.1, 0.15) is 17.4 Å². The molecule has 3 aromatic rings. The molecule has 1 heterocycles. The first-order valence-electron chi connectivity index (χ1n) is 7.90. The Morgan fingerprint density at radius 1 is 1.12 bits per heavy atom. The smallest absolute Gasteiger partial charge is 0.255 e. The molecule has 5 nitrogen and oxygen atoms in total. The molecule has 0 fully saturated rings. The van der Waals surface area contributed by atoms with Crippen LogP contribution in [0.25, 0.3) is 0 Å². The summed E-state index contributed by atoms with van der Waals surface area (Å²) < 4.78 is 13.6. The van der Waals surface area contributed by atoms with Crippen molar-refractivity contribution in [3.05, 3.63) is 89.5 Å². The minimum atomic E-state index is -0.559. The average molecular weight is 346 g/mol. The van der Waals surface area contributed by atoms with Gasteiger partial charge in [-0.2, -0.15) is 5.26 Å². The van der Waals surface area contributed by atoms with Crippen LogP contribution >= 0.6 is 0 Å². The highest BCUT2D eigenvalue weighted by atomic mass is 19.1. The van der Waals surface area contributed by atoms with Crippen molar-refractivity contribution in [3.63, 3.8) is 0 Å². The fourth-order valence-electron chi connectivity index (χ4n) is 2.45. The molecule has 2 N–H and O–H groups in total. The molecule has 0 aliphatic carbocycles. The predicted octanol–water partition coefficient (Wildman–Crippen LogP) is 3.96. The number of pyridine rings is 1. The van der Waals surface area contributed by atoms with Crippen LogP contribution in [0, 0.1) is 17.1 Å². The Hall–Kier alpha value is -3.72. The predicted molar refractivity (Wildman–Crippen MR) is 97.1 cm³/mol. The minimum absolute atomic E-state index is 0.0188. The maximum absolute atomic E-state index is 13.6. The van der Waals surface area contributed by atoms with Gasteiger partial charge in [0.2, 0.25) is 0 Å². The molecule has 128 valence electrons. The van der Waals surface area contributed by atoms with Gasteiger partial charge in [-0.05, 0) is 42.0 Å². The maximum Gasteiger partial charge on any atom is 0.255 e. The van der Waals surface area contributed by atoms with Gasteiger partial charge in [0.25, 0.3) is 5.91 Å². The Morgan fingerprint density at radius 3 is 2.65 bits per heavy atom. The van der Waals surface area contributed by atoms with E-state index in [1.54, 1.807) is 42.7 Å². The van der Waals surface area contributed by atoms with Gasteiger partial charge < -0.3 is 10.6 Å². The standard InChI is InChI=1S/C20H15FN4O/c21-18-5-2-6-19(17(18)12-22)24-13-14-3-1-4-16(11-14)25-20(26)15-7-9-23-10-8-15/h1-11,24H,13H2,(H,25,26). The number of halogens is 1. The van der Waals surface area contributed by atoms with Crippen molar-refractivity contribution in [1.29, 1.82) is 5.26 Å². The van der Waals surface area contributed by atoms with Crippen molar-refractivity contribution in [2.75, 3.05) is 10.6 Å². The van der Waals surface area contributed by atoms with Gasteiger partial charge in [-0.1, -0.05) is 18.2 Å². The van der Waals surface area contributed by atoms with Gasteiger partial charge in [-0.25, -0.2) is 4.39 Å². The number of hydrogen-bond donors (Lipinski definition) is 2. The van der Waals surface area contributed by atoms with E-state index >= 15 is 0 Å². The maximum atomic E-state index is 13.6. The zero-order valence-corrected chi connectivity index (χ0v) is 13.7. The number of aromatic nitrogens is 1. The normalized spacial score (nSPS) is 10.0. The molecule has 0 spiro atoms. The van der Waals surface area contributed by atoms with Crippen LogP contribution < -0.4 is 10.6 Å². The summed E-state index contributed by atoms with van der Waals surface area (Å²) in [7, 11) is 0. The summed E-state index contributed by atoms with van der Waals surface area (Å²) in [5, 5.41) is 14.9. The minimum Gasteiger partial charge on any atom is -0.380 e. The lowest BCUT2D eigenvalue weighted by atomic mass is 10.1. The summed E-state index contributed by atoms with van der Waals surface area (Å²) in [6.07, 6.45) is 3.11. The second kappa shape index (κ2) is 7.90. The number of amides is 1. The molecule has 1 amide bonds. The Bertz CT molecular complexity index is 967. The van der Waals surface area contributed by atoms with Crippen molar-refractivity contribution in [3.8, 4) is 6.07 Å². The van der Waals surface area contributed by atoms with Crippen LogP contribution in [0.15, 0.2) is 67.0 Å². The summed E-state index contributed by atoms with van der Waals surface area (Å²) in [6, 6.07) is 16.9. The van der Waals surface area contributed by atoms with Crippen LogP contribution in [0.2, 0.25) is 0 Å². The molecule has 3 rings (SSSR count). The summed E-state index contributed by atoms with van der Waals surface area (Å²) in [6.45, 7) is 0.386. The molecule has 0 bridgehead atoms. The Balaban J connectivity index is 1.70. The largest absolute Gasteiger partial charge is 0.380 e. The highest BCUT2D eigenvalue weighted by molar-refractivity contribution is 6.04. The molecule has 0 aliphatic heterocycles. The molecule has 0 aliphatic rings. The van der Waals surface area contributed by atoms with E-state index in [1.807, 2.05) is 24.3 Å². The monoisotopic (exact) mass is 346 g/mol. The summed E-state index contributed by atoms with van der Waals surface area (Å²) in [4.78, 5) is 16.1. The summed E-state index contributed by atoms with van der Waals surface area (Å²) in [5.41, 5.74) is 2.45. The molecular weight excluding hydrogens is 331 g/mol. The Labute approximate surface area is 150 Å². The molecule has 0 saturated heterocycles. The van der Waals surface area contributed by atoms with Gasteiger partial charge in [-0.15, -0.1) is 0 Å². The van der Waals surface area contributed by atoms with Crippen molar-refractivity contribution < 1.29 is 9.18 Å². The van der Waals surface area contributed by atoms with Gasteiger partial charge in [0.05, 0.1) is 5.69 Å². The van der Waals surface area contributed by atoms with E-state index < -0.39 is 5.82 Å². The Kier molecular flexibility index (Phi) is 5.20. The van der Waals surface area contributed by atoms with E-state index in [2.05, 4.69) is 15.6 Å². The number of hydrogen-bond acceptors (Lipinski definition) is 4. The number of carbonyl (C=O) groups excluding carboxylic acids is 1. The highest BCUT2D eigenvalue weighted by Gasteiger charge is 2.08. The molecule has 0 saturated carbocycles. The van der Waals surface area contributed by atoms with E-state index in [4.69, 9.17) is 5.26 Å². The third kappa shape index (κ3) is 4.02. The first kappa shape index (κ1) is 17.1. The number of nitrogens with one attached hydrogen (secondary N) is 2. The number of nitrogens with zero attached hydrogens (tertiary/aromatic N) is 2. The SMILES string of the molecule is N#Cc1c(F)cccc1NCc1cccc(NC(=O)c2ccncc2)c1. The fraction of sp³-hybridized carbons (Fsp3) is 0.0500. The Morgan fingerprint density at radius 2 is 1.88 bits per heavy atom. The van der Waals surface area contributed by atoms with Crippen LogP contribution in [0.4, 0.5) is 15.8 Å². The molecule has 26 heavy (non-hydrogen) atoms. The molecular formula is C20H15FN4O. The second-order valence-electron chi connectivity index (χ2n) is 5.52. The zero-order valence-electron chi connectivity index (χ0n) is 13.7. The quantitative estimate of drug-likeness (QED) is 0.733. The lowest BCUT2D eigenvalue weighted by molar-refractivity contribution is 0.102. The van der Waals surface area contributed by atoms with Crippen LogP contribution in [0.1, 0.15) is 21.5 Å². The van der Waals surface area contributed by atoms with Gasteiger partial charge >= 0.3 is 0 Å². The second-order valence-corrected chi connectivity index (χ2v) is 5.52. The van der Waals surface area contributed by atoms with E-state index in [1.165, 1.54) is 6.07 Å². The molecule has 0 atom stereocenters. The van der Waals surface area contributed by atoms with Crippen molar-refractivity contribution in [2.45, 2.75) is 6.54 Å².